The molecule has 0 fully saturated rings. The molecule has 3 rings (SSSR count). The molecule has 0 saturated heterocycles. The molecule has 7 nitrogen and oxygen atoms in total. The van der Waals surface area contributed by atoms with Gasteiger partial charge in [0.1, 0.15) is 4.70 Å². The average molecular weight is 426 g/mol. The summed E-state index contributed by atoms with van der Waals surface area (Å²) in [7, 11) is 0. The Bertz CT molecular complexity index is 977. The van der Waals surface area contributed by atoms with Crippen LogP contribution in [0, 0.1) is 0 Å². The van der Waals surface area contributed by atoms with Gasteiger partial charge in [-0.2, -0.15) is 0 Å². The van der Waals surface area contributed by atoms with Crippen LogP contribution in [-0.4, -0.2) is 37.7 Å². The number of pyridine rings is 1. The first-order valence-corrected chi connectivity index (χ1v) is 10.6. The molecule has 0 aliphatic carbocycles. The minimum atomic E-state index is -0.191. The highest BCUT2D eigenvalue weighted by Gasteiger charge is 2.18. The largest absolute Gasteiger partial charge is 0.394 e. The van der Waals surface area contributed by atoms with E-state index < -0.39 is 0 Å². The number of aliphatic hydroxyl groups excluding tert-OH is 1. The third-order valence-corrected chi connectivity index (χ3v) is 6.20. The van der Waals surface area contributed by atoms with Crippen molar-refractivity contribution < 1.29 is 5.11 Å². The molecule has 0 bridgehead atoms. The van der Waals surface area contributed by atoms with Crippen LogP contribution in [0.25, 0.3) is 10.3 Å². The van der Waals surface area contributed by atoms with Crippen molar-refractivity contribution in [2.75, 3.05) is 11.9 Å². The van der Waals surface area contributed by atoms with Gasteiger partial charge < -0.3 is 10.4 Å². The van der Waals surface area contributed by atoms with Gasteiger partial charge >= 0.3 is 4.87 Å². The van der Waals surface area contributed by atoms with Crippen molar-refractivity contribution in [1.82, 2.24) is 19.9 Å². The molecule has 2 atom stereocenters. The Morgan fingerprint density at radius 1 is 1.44 bits per heavy atom. The number of fused-ring (bicyclic) bond motifs is 1. The molecular formula is C17H20ClN5O2S2. The lowest BCUT2D eigenvalue weighted by Crippen LogP contribution is -2.24. The first-order chi connectivity index (χ1) is 13.0. The van der Waals surface area contributed by atoms with Crippen LogP contribution < -0.4 is 10.2 Å². The lowest BCUT2D eigenvalue weighted by Gasteiger charge is -2.17. The Labute approximate surface area is 169 Å². The number of nitrogens with one attached hydrogen (secondary N) is 2. The van der Waals surface area contributed by atoms with Crippen LogP contribution in [-0.2, 0) is 0 Å². The molecule has 0 aliphatic rings. The number of nitrogens with zero attached hydrogens (tertiary/aromatic N) is 3. The van der Waals surface area contributed by atoms with E-state index in [-0.39, 0.29) is 22.8 Å². The topological polar surface area (TPSA) is 104 Å². The van der Waals surface area contributed by atoms with E-state index in [0.29, 0.717) is 26.3 Å². The molecule has 3 heterocycles. The average Bonchev–Trinajstić information content (AvgIpc) is 3.02. The van der Waals surface area contributed by atoms with Crippen LogP contribution in [0.15, 0.2) is 28.4 Å². The van der Waals surface area contributed by atoms with Crippen LogP contribution in [0.3, 0.4) is 0 Å². The van der Waals surface area contributed by atoms with E-state index in [1.807, 2.05) is 6.92 Å². The van der Waals surface area contributed by atoms with Gasteiger partial charge in [-0.05, 0) is 19.4 Å². The fraction of sp³-hybridized carbons (Fsp3) is 0.412. The quantitative estimate of drug-likeness (QED) is 0.372. The Hall–Kier alpha value is -1.68. The molecular weight excluding hydrogens is 406 g/mol. The van der Waals surface area contributed by atoms with Crippen LogP contribution in [0.2, 0.25) is 5.02 Å². The van der Waals surface area contributed by atoms with Crippen LogP contribution in [0.1, 0.15) is 37.5 Å². The van der Waals surface area contributed by atoms with Crippen LogP contribution >= 0.6 is 34.7 Å². The summed E-state index contributed by atoms with van der Waals surface area (Å²) in [4.78, 5) is 27.6. The molecule has 144 valence electrons. The van der Waals surface area contributed by atoms with E-state index in [2.05, 4.69) is 32.2 Å². The van der Waals surface area contributed by atoms with E-state index in [1.165, 1.54) is 11.8 Å². The number of hydrogen-bond acceptors (Lipinski definition) is 8. The number of halogens is 1. The summed E-state index contributed by atoms with van der Waals surface area (Å²) in [6.45, 7) is 4.04. The number of aromatic nitrogens is 4. The summed E-state index contributed by atoms with van der Waals surface area (Å²) >= 11 is 8.74. The number of H-pyrrole nitrogens is 1. The maximum absolute atomic E-state index is 11.8. The van der Waals surface area contributed by atoms with E-state index >= 15 is 0 Å². The van der Waals surface area contributed by atoms with E-state index in [1.54, 1.807) is 18.5 Å². The molecule has 3 N–H and O–H groups in total. The summed E-state index contributed by atoms with van der Waals surface area (Å²) in [5, 5.41) is 14.0. The molecule has 27 heavy (non-hydrogen) atoms. The molecule has 0 aromatic carbocycles. The number of rotatable bonds is 8. The number of thioether (sulfide) groups is 1. The van der Waals surface area contributed by atoms with E-state index in [9.17, 15) is 9.90 Å². The second-order valence-corrected chi connectivity index (χ2v) is 8.72. The van der Waals surface area contributed by atoms with Crippen molar-refractivity contribution in [3.63, 3.8) is 0 Å². The zero-order valence-corrected chi connectivity index (χ0v) is 17.3. The first kappa shape index (κ1) is 20.1. The van der Waals surface area contributed by atoms with Gasteiger partial charge in [-0.15, -0.1) is 0 Å². The smallest absolute Gasteiger partial charge is 0.306 e. The summed E-state index contributed by atoms with van der Waals surface area (Å²) in [6, 6.07) is 1.62. The third-order valence-electron chi connectivity index (χ3n) is 3.98. The van der Waals surface area contributed by atoms with Crippen LogP contribution in [0.4, 0.5) is 5.82 Å². The highest BCUT2D eigenvalue weighted by Crippen LogP contribution is 2.37. The van der Waals surface area contributed by atoms with Gasteiger partial charge in [0.15, 0.2) is 16.6 Å². The second kappa shape index (κ2) is 9.01. The zero-order chi connectivity index (χ0) is 19.4. The Kier molecular flexibility index (Phi) is 6.69. The standard InChI is InChI=1S/C17H20ClN5O2S2/c1-3-4-10(8-24)20-14-13-15(23-17(25)27-13)22-16(21-14)26-9(2)11-7-19-6-5-12(11)18/h5-7,9-10,24H,3-4,8H2,1-2H3,(H2,20,21,22,23,25)/t9-,10+/m0/s1. The van der Waals surface area contributed by atoms with Gasteiger partial charge in [-0.3, -0.25) is 14.8 Å². The number of aromatic amines is 1. The predicted molar refractivity (Wildman–Crippen MR) is 111 cm³/mol. The second-order valence-electron chi connectivity index (χ2n) is 6.02. The Morgan fingerprint density at radius 3 is 2.96 bits per heavy atom. The van der Waals surface area contributed by atoms with Gasteiger partial charge in [0.05, 0.1) is 12.6 Å². The summed E-state index contributed by atoms with van der Waals surface area (Å²) in [5.41, 5.74) is 1.38. The van der Waals surface area contributed by atoms with Crippen molar-refractivity contribution in [3.05, 3.63) is 38.7 Å². The number of hydrogen-bond donors (Lipinski definition) is 3. The maximum Gasteiger partial charge on any atom is 0.306 e. The van der Waals surface area contributed by atoms with Crippen LogP contribution in [0.5, 0.6) is 0 Å². The summed E-state index contributed by atoms with van der Waals surface area (Å²) < 4.78 is 0.658. The Morgan fingerprint density at radius 2 is 2.26 bits per heavy atom. The SMILES string of the molecule is CCC[C@H](CO)Nc1nc(S[C@@H](C)c2cnccc2Cl)nc2[nH]c(=O)sc12. The highest BCUT2D eigenvalue weighted by atomic mass is 35.5. The van der Waals surface area contributed by atoms with Crippen molar-refractivity contribution in [1.29, 1.82) is 0 Å². The molecule has 3 aromatic heterocycles. The molecule has 0 unspecified atom stereocenters. The number of aliphatic hydroxyl groups is 1. The van der Waals surface area contributed by atoms with Crippen molar-refractivity contribution >= 4 is 50.9 Å². The third kappa shape index (κ3) is 4.78. The minimum Gasteiger partial charge on any atom is -0.394 e. The molecule has 0 spiro atoms. The van der Waals surface area contributed by atoms with Gasteiger partial charge in [-0.25, -0.2) is 9.97 Å². The fourth-order valence-electron chi connectivity index (χ4n) is 2.64. The molecule has 0 aliphatic heterocycles. The highest BCUT2D eigenvalue weighted by molar-refractivity contribution is 7.99. The van der Waals surface area contributed by atoms with Crippen molar-refractivity contribution in [2.45, 2.75) is 43.1 Å². The van der Waals surface area contributed by atoms with Gasteiger partial charge in [-0.1, -0.05) is 48.0 Å². The molecule has 3 aromatic rings. The van der Waals surface area contributed by atoms with Crippen molar-refractivity contribution in [3.8, 4) is 0 Å². The van der Waals surface area contributed by atoms with Gasteiger partial charge in [0.25, 0.3) is 0 Å². The normalized spacial score (nSPS) is 13.6. The summed E-state index contributed by atoms with van der Waals surface area (Å²) in [6.07, 6.45) is 5.10. The monoisotopic (exact) mass is 425 g/mol. The van der Waals surface area contributed by atoms with Gasteiger partial charge in [0, 0.05) is 28.2 Å². The number of anilines is 1. The number of thiazole rings is 1. The molecule has 0 radical (unpaired) electrons. The molecule has 10 heteroatoms. The fourth-order valence-corrected chi connectivity index (χ4v) is 4.62. The van der Waals surface area contributed by atoms with Gasteiger partial charge in [0.2, 0.25) is 0 Å². The molecule has 0 amide bonds. The zero-order valence-electron chi connectivity index (χ0n) is 14.9. The summed E-state index contributed by atoms with van der Waals surface area (Å²) in [5.74, 6) is 0.558. The van der Waals surface area contributed by atoms with Crippen molar-refractivity contribution in [2.24, 2.45) is 0 Å². The Balaban J connectivity index is 1.94. The van der Waals surface area contributed by atoms with E-state index in [4.69, 9.17) is 11.6 Å². The maximum atomic E-state index is 11.8. The molecule has 0 saturated carbocycles. The first-order valence-electron chi connectivity index (χ1n) is 8.56. The lowest BCUT2D eigenvalue weighted by atomic mass is 10.2. The predicted octanol–water partition coefficient (Wildman–Crippen LogP) is 3.85. The lowest BCUT2D eigenvalue weighted by molar-refractivity contribution is 0.268. The van der Waals surface area contributed by atoms with E-state index in [0.717, 1.165) is 29.7 Å². The minimum absolute atomic E-state index is 0.0111.